The molecular formula is C20H15BrFN3O2S. The molecule has 3 amide bonds. The average Bonchev–Trinajstić information content (AvgIpc) is 3.22. The number of hydrogen-bond acceptors (Lipinski definition) is 4. The van der Waals surface area contributed by atoms with E-state index < -0.39 is 11.6 Å². The summed E-state index contributed by atoms with van der Waals surface area (Å²) in [6.45, 7) is 1.77. The van der Waals surface area contributed by atoms with Crippen LogP contribution in [0.15, 0.2) is 58.4 Å². The van der Waals surface area contributed by atoms with E-state index in [9.17, 15) is 14.0 Å². The van der Waals surface area contributed by atoms with Gasteiger partial charge in [0.05, 0.1) is 12.2 Å². The van der Waals surface area contributed by atoms with Crippen LogP contribution in [-0.4, -0.2) is 21.8 Å². The van der Waals surface area contributed by atoms with Gasteiger partial charge in [-0.25, -0.2) is 14.2 Å². The van der Waals surface area contributed by atoms with Gasteiger partial charge in [0.15, 0.2) is 0 Å². The van der Waals surface area contributed by atoms with Crippen molar-refractivity contribution in [2.24, 2.45) is 0 Å². The molecule has 1 atom stereocenters. The van der Waals surface area contributed by atoms with Crippen LogP contribution in [0.2, 0.25) is 0 Å². The van der Waals surface area contributed by atoms with E-state index in [0.29, 0.717) is 16.3 Å². The molecule has 2 aromatic carbocycles. The van der Waals surface area contributed by atoms with Crippen LogP contribution in [0.1, 0.15) is 18.2 Å². The molecule has 1 unspecified atom stereocenters. The lowest BCUT2D eigenvalue weighted by molar-refractivity contribution is -0.131. The predicted molar refractivity (Wildman–Crippen MR) is 108 cm³/mol. The van der Waals surface area contributed by atoms with Gasteiger partial charge in [-0.2, -0.15) is 0 Å². The molecule has 1 fully saturated rings. The van der Waals surface area contributed by atoms with Gasteiger partial charge in [0.2, 0.25) is 0 Å². The summed E-state index contributed by atoms with van der Waals surface area (Å²) in [7, 11) is 0. The highest BCUT2D eigenvalue weighted by Crippen LogP contribution is 2.32. The Morgan fingerprint density at radius 2 is 1.96 bits per heavy atom. The second kappa shape index (κ2) is 7.10. The molecule has 142 valence electrons. The summed E-state index contributed by atoms with van der Waals surface area (Å²) >= 11 is 4.78. The number of imide groups is 1. The first-order chi connectivity index (χ1) is 13.4. The zero-order valence-corrected chi connectivity index (χ0v) is 17.2. The smallest absolute Gasteiger partial charge is 0.319 e. The van der Waals surface area contributed by atoms with Gasteiger partial charge in [0.25, 0.3) is 5.91 Å². The van der Waals surface area contributed by atoms with Crippen molar-refractivity contribution in [1.29, 1.82) is 0 Å². The maximum absolute atomic E-state index is 13.1. The minimum Gasteiger partial charge on any atom is -0.319 e. The van der Waals surface area contributed by atoms with Gasteiger partial charge in [0.1, 0.15) is 16.4 Å². The number of carbonyl (C=O) groups excluding carboxylic acids is 2. The second-order valence-electron chi connectivity index (χ2n) is 6.61. The summed E-state index contributed by atoms with van der Waals surface area (Å²) in [5.74, 6) is -0.640. The van der Waals surface area contributed by atoms with E-state index in [-0.39, 0.29) is 18.3 Å². The van der Waals surface area contributed by atoms with E-state index in [1.54, 1.807) is 24.4 Å². The van der Waals surface area contributed by atoms with E-state index in [2.05, 4.69) is 26.2 Å². The number of halogens is 2. The highest BCUT2D eigenvalue weighted by atomic mass is 79.9. The number of benzene rings is 2. The van der Waals surface area contributed by atoms with E-state index in [1.807, 2.05) is 24.3 Å². The predicted octanol–water partition coefficient (Wildman–Crippen LogP) is 4.68. The molecule has 28 heavy (non-hydrogen) atoms. The van der Waals surface area contributed by atoms with Crippen molar-refractivity contribution in [2.45, 2.75) is 19.0 Å². The topological polar surface area (TPSA) is 62.3 Å². The number of aromatic nitrogens is 1. The molecule has 1 N–H and O–H groups in total. The van der Waals surface area contributed by atoms with Crippen LogP contribution < -0.4 is 5.32 Å². The molecule has 5 nitrogen and oxygen atoms in total. The molecule has 0 radical (unpaired) electrons. The number of carbonyl (C=O) groups is 2. The Hall–Kier alpha value is -2.58. The highest BCUT2D eigenvalue weighted by molar-refractivity contribution is 9.10. The fraction of sp³-hybridized carbons (Fsp3) is 0.150. The number of thiazole rings is 1. The van der Waals surface area contributed by atoms with Gasteiger partial charge in [-0.15, -0.1) is 11.3 Å². The number of hydrogen-bond donors (Lipinski definition) is 1. The molecule has 3 aromatic rings. The number of nitrogens with zero attached hydrogens (tertiary/aromatic N) is 2. The van der Waals surface area contributed by atoms with Crippen molar-refractivity contribution >= 4 is 39.2 Å². The first kappa shape index (κ1) is 18.8. The minimum atomic E-state index is -1.13. The monoisotopic (exact) mass is 459 g/mol. The van der Waals surface area contributed by atoms with Crippen molar-refractivity contribution in [3.05, 3.63) is 75.5 Å². The summed E-state index contributed by atoms with van der Waals surface area (Å²) in [6.07, 6.45) is 0. The first-order valence-corrected chi connectivity index (χ1v) is 10.1. The lowest BCUT2D eigenvalue weighted by Crippen LogP contribution is -2.40. The Bertz CT molecular complexity index is 1070. The molecule has 0 saturated carbocycles. The zero-order valence-electron chi connectivity index (χ0n) is 14.8. The Morgan fingerprint density at radius 1 is 1.21 bits per heavy atom. The van der Waals surface area contributed by atoms with Crippen LogP contribution >= 0.6 is 27.3 Å². The SMILES string of the molecule is CC1(c2cccc(Br)c2)NC(=O)N(Cc2csc(-c3ccc(F)cc3)n2)C1=O. The lowest BCUT2D eigenvalue weighted by Gasteiger charge is -2.22. The largest absolute Gasteiger partial charge is 0.325 e. The Morgan fingerprint density at radius 3 is 2.68 bits per heavy atom. The van der Waals surface area contributed by atoms with Crippen LogP contribution in [0, 0.1) is 5.82 Å². The van der Waals surface area contributed by atoms with Crippen LogP contribution in [0.5, 0.6) is 0 Å². The summed E-state index contributed by atoms with van der Waals surface area (Å²) in [5, 5.41) is 5.29. The number of nitrogens with one attached hydrogen (secondary N) is 1. The molecule has 0 spiro atoms. The first-order valence-electron chi connectivity index (χ1n) is 8.47. The van der Waals surface area contributed by atoms with E-state index >= 15 is 0 Å². The normalized spacial score (nSPS) is 19.2. The molecule has 2 heterocycles. The average molecular weight is 460 g/mol. The van der Waals surface area contributed by atoms with Crippen molar-refractivity contribution in [2.75, 3.05) is 0 Å². The Labute approximate surface area is 173 Å². The van der Waals surface area contributed by atoms with Crippen LogP contribution in [-0.2, 0) is 16.9 Å². The van der Waals surface area contributed by atoms with Crippen molar-refractivity contribution in [3.63, 3.8) is 0 Å². The number of urea groups is 1. The van der Waals surface area contributed by atoms with E-state index in [0.717, 1.165) is 10.0 Å². The number of rotatable bonds is 4. The van der Waals surface area contributed by atoms with Gasteiger partial charge in [-0.3, -0.25) is 9.69 Å². The van der Waals surface area contributed by atoms with Gasteiger partial charge in [-0.05, 0) is 48.9 Å². The summed E-state index contributed by atoms with van der Waals surface area (Å²) in [4.78, 5) is 31.2. The molecule has 0 bridgehead atoms. The Balaban J connectivity index is 1.56. The maximum atomic E-state index is 13.1. The van der Waals surface area contributed by atoms with E-state index in [1.165, 1.54) is 28.4 Å². The molecule has 4 rings (SSSR count). The molecule has 8 heteroatoms. The highest BCUT2D eigenvalue weighted by Gasteiger charge is 2.49. The fourth-order valence-corrected chi connectivity index (χ4v) is 4.32. The van der Waals surface area contributed by atoms with Crippen LogP contribution in [0.4, 0.5) is 9.18 Å². The second-order valence-corrected chi connectivity index (χ2v) is 8.38. The van der Waals surface area contributed by atoms with Gasteiger partial charge < -0.3 is 5.32 Å². The molecule has 0 aliphatic carbocycles. The summed E-state index contributed by atoms with van der Waals surface area (Å²) < 4.78 is 13.9. The third kappa shape index (κ3) is 3.33. The third-order valence-electron chi connectivity index (χ3n) is 4.64. The fourth-order valence-electron chi connectivity index (χ4n) is 3.10. The quantitative estimate of drug-likeness (QED) is 0.576. The minimum absolute atomic E-state index is 0.0754. The summed E-state index contributed by atoms with van der Waals surface area (Å²) in [6, 6.07) is 12.9. The van der Waals surface area contributed by atoms with Gasteiger partial charge in [0, 0.05) is 15.4 Å². The zero-order chi connectivity index (χ0) is 19.9. The molecule has 1 aliphatic heterocycles. The van der Waals surface area contributed by atoms with Crippen molar-refractivity contribution in [3.8, 4) is 10.6 Å². The van der Waals surface area contributed by atoms with Crippen LogP contribution in [0.3, 0.4) is 0 Å². The summed E-state index contributed by atoms with van der Waals surface area (Å²) in [5.41, 5.74) is 0.963. The molecular weight excluding hydrogens is 445 g/mol. The van der Waals surface area contributed by atoms with Crippen LogP contribution in [0.25, 0.3) is 10.6 Å². The van der Waals surface area contributed by atoms with Crippen molar-refractivity contribution in [1.82, 2.24) is 15.2 Å². The lowest BCUT2D eigenvalue weighted by atomic mass is 9.92. The van der Waals surface area contributed by atoms with Gasteiger partial charge >= 0.3 is 6.03 Å². The van der Waals surface area contributed by atoms with Gasteiger partial charge in [-0.1, -0.05) is 28.1 Å². The van der Waals surface area contributed by atoms with Crippen molar-refractivity contribution < 1.29 is 14.0 Å². The van der Waals surface area contributed by atoms with E-state index in [4.69, 9.17) is 0 Å². The Kier molecular flexibility index (Phi) is 4.76. The third-order valence-corrected chi connectivity index (χ3v) is 6.07. The maximum Gasteiger partial charge on any atom is 0.325 e. The molecule has 1 saturated heterocycles. The standard InChI is InChI=1S/C20H15BrFN3O2S/c1-20(13-3-2-4-14(21)9-13)18(26)25(19(27)24-20)10-16-11-28-17(23-16)12-5-7-15(22)8-6-12/h2-9,11H,10H2,1H3,(H,24,27). The molecule has 1 aromatic heterocycles. The number of amides is 3. The molecule has 1 aliphatic rings.